The molecule has 0 saturated carbocycles. The number of amides is 3. The van der Waals surface area contributed by atoms with Crippen LogP contribution in [0.4, 0.5) is 0 Å². The van der Waals surface area contributed by atoms with Gasteiger partial charge in [-0.1, -0.05) is 0 Å². The first-order valence-corrected chi connectivity index (χ1v) is 8.16. The summed E-state index contributed by atoms with van der Waals surface area (Å²) in [6.45, 7) is 0. The minimum Gasteiger partial charge on any atom is -0.480 e. The molecule has 3 saturated heterocycles. The summed E-state index contributed by atoms with van der Waals surface area (Å²) in [5, 5.41) is 31.9. The zero-order valence-corrected chi connectivity index (χ0v) is 17.7. The standard InChI is InChI=1S/3C5H7NO3.Y/c3*7-4-2-1-3(6-4)5(8)9;/h3*3H,1-2H2,(H,6,7)(H,8,9);. The van der Waals surface area contributed by atoms with E-state index in [-0.39, 0.29) is 50.4 Å². The Morgan fingerprint density at radius 3 is 0.893 bits per heavy atom. The van der Waals surface area contributed by atoms with Crippen molar-refractivity contribution < 1.29 is 76.8 Å². The first-order valence-electron chi connectivity index (χ1n) is 8.16. The third kappa shape index (κ3) is 9.22. The van der Waals surface area contributed by atoms with E-state index in [1.54, 1.807) is 0 Å². The van der Waals surface area contributed by atoms with Gasteiger partial charge in [-0.3, -0.25) is 14.4 Å². The molecule has 28 heavy (non-hydrogen) atoms. The summed E-state index contributed by atoms with van der Waals surface area (Å²) < 4.78 is 0. The molecular formula is C15H21N3O9Y. The molecule has 3 atom stereocenters. The molecule has 3 heterocycles. The van der Waals surface area contributed by atoms with Crippen LogP contribution in [-0.4, -0.2) is 69.1 Å². The van der Waals surface area contributed by atoms with Gasteiger partial charge in [-0.15, -0.1) is 0 Å². The second-order valence-corrected chi connectivity index (χ2v) is 5.99. The molecule has 0 aromatic rings. The summed E-state index contributed by atoms with van der Waals surface area (Å²) in [6.07, 6.45) is 2.31. The Hall–Kier alpha value is -2.08. The smallest absolute Gasteiger partial charge is 0.326 e. The van der Waals surface area contributed by atoms with Gasteiger partial charge in [0.2, 0.25) is 17.7 Å². The zero-order chi connectivity index (χ0) is 20.6. The third-order valence-corrected chi connectivity index (χ3v) is 3.88. The number of carboxylic acids is 3. The van der Waals surface area contributed by atoms with E-state index in [0.29, 0.717) is 38.5 Å². The van der Waals surface area contributed by atoms with Crippen molar-refractivity contribution in [2.45, 2.75) is 56.7 Å². The maximum atomic E-state index is 10.4. The number of carbonyl (C=O) groups is 6. The predicted octanol–water partition coefficient (Wildman–Crippen LogP) is -1.95. The van der Waals surface area contributed by atoms with Crippen molar-refractivity contribution in [2.24, 2.45) is 0 Å². The van der Waals surface area contributed by atoms with Gasteiger partial charge < -0.3 is 31.3 Å². The van der Waals surface area contributed by atoms with Crippen LogP contribution in [0.5, 0.6) is 0 Å². The number of carboxylic acid groups (broad SMARTS) is 3. The molecule has 3 aliphatic heterocycles. The summed E-state index contributed by atoms with van der Waals surface area (Å²) in [5.74, 6) is -3.32. The number of nitrogens with one attached hydrogen (secondary N) is 3. The van der Waals surface area contributed by atoms with Gasteiger partial charge in [0.05, 0.1) is 0 Å². The molecule has 12 nitrogen and oxygen atoms in total. The molecule has 3 rings (SSSR count). The van der Waals surface area contributed by atoms with E-state index in [2.05, 4.69) is 16.0 Å². The largest absolute Gasteiger partial charge is 0.480 e. The molecule has 3 amide bonds. The fraction of sp³-hybridized carbons (Fsp3) is 0.600. The van der Waals surface area contributed by atoms with Crippen molar-refractivity contribution in [3.8, 4) is 0 Å². The summed E-state index contributed by atoms with van der Waals surface area (Å²) >= 11 is 0. The molecule has 0 aliphatic carbocycles. The van der Waals surface area contributed by atoms with E-state index in [4.69, 9.17) is 15.3 Å². The number of rotatable bonds is 3. The van der Waals surface area contributed by atoms with Gasteiger partial charge >= 0.3 is 17.9 Å². The van der Waals surface area contributed by atoms with Crippen LogP contribution in [0.2, 0.25) is 0 Å². The minimum absolute atomic E-state index is 0. The molecule has 6 N–H and O–H groups in total. The Bertz CT molecular complexity index is 555. The maximum Gasteiger partial charge on any atom is 0.326 e. The number of hydrogen-bond acceptors (Lipinski definition) is 6. The molecule has 0 aromatic heterocycles. The Kier molecular flexibility index (Phi) is 11.5. The number of hydrogen-bond donors (Lipinski definition) is 6. The van der Waals surface area contributed by atoms with Gasteiger partial charge in [0.1, 0.15) is 18.1 Å². The first kappa shape index (κ1) is 25.9. The van der Waals surface area contributed by atoms with E-state index >= 15 is 0 Å². The van der Waals surface area contributed by atoms with Gasteiger partial charge in [0.15, 0.2) is 0 Å². The van der Waals surface area contributed by atoms with Crippen molar-refractivity contribution in [1.29, 1.82) is 0 Å². The topological polar surface area (TPSA) is 199 Å². The Labute approximate surface area is 184 Å². The Morgan fingerprint density at radius 1 is 0.607 bits per heavy atom. The second kappa shape index (κ2) is 12.4. The van der Waals surface area contributed by atoms with E-state index in [9.17, 15) is 28.8 Å². The van der Waals surface area contributed by atoms with Gasteiger partial charge in [0.25, 0.3) is 0 Å². The van der Waals surface area contributed by atoms with Crippen molar-refractivity contribution in [1.82, 2.24) is 16.0 Å². The Balaban J connectivity index is 0.000000384. The average molecular weight is 476 g/mol. The Morgan fingerprint density at radius 2 is 0.821 bits per heavy atom. The van der Waals surface area contributed by atoms with Crippen LogP contribution >= 0.6 is 0 Å². The number of carbonyl (C=O) groups excluding carboxylic acids is 3. The van der Waals surface area contributed by atoms with Crippen molar-refractivity contribution in [2.75, 3.05) is 0 Å². The van der Waals surface area contributed by atoms with Gasteiger partial charge in [0, 0.05) is 52.0 Å². The third-order valence-electron chi connectivity index (χ3n) is 3.88. The second-order valence-electron chi connectivity index (χ2n) is 5.99. The fourth-order valence-corrected chi connectivity index (χ4v) is 2.40. The summed E-state index contributed by atoms with van der Waals surface area (Å²) in [4.78, 5) is 61.5. The van der Waals surface area contributed by atoms with E-state index in [1.165, 1.54) is 0 Å². The monoisotopic (exact) mass is 476 g/mol. The molecule has 153 valence electrons. The maximum absolute atomic E-state index is 10.4. The van der Waals surface area contributed by atoms with Crippen LogP contribution in [0, 0.1) is 0 Å². The first-order chi connectivity index (χ1) is 12.6. The molecule has 0 aromatic carbocycles. The fourth-order valence-electron chi connectivity index (χ4n) is 2.40. The molecule has 3 unspecified atom stereocenters. The van der Waals surface area contributed by atoms with Crippen LogP contribution in [0.1, 0.15) is 38.5 Å². The van der Waals surface area contributed by atoms with Gasteiger partial charge in [-0.05, 0) is 19.3 Å². The van der Waals surface area contributed by atoms with Crippen molar-refractivity contribution in [3.63, 3.8) is 0 Å². The summed E-state index contributed by atoms with van der Waals surface area (Å²) in [5.41, 5.74) is 0. The molecule has 13 heteroatoms. The molecule has 3 aliphatic rings. The van der Waals surface area contributed by atoms with Crippen LogP contribution in [0.25, 0.3) is 0 Å². The molecule has 1 radical (unpaired) electrons. The van der Waals surface area contributed by atoms with Gasteiger partial charge in [-0.2, -0.15) is 0 Å². The average Bonchev–Trinajstić information content (AvgIpc) is 3.30. The van der Waals surface area contributed by atoms with Crippen LogP contribution in [0.15, 0.2) is 0 Å². The molecule has 0 bridgehead atoms. The van der Waals surface area contributed by atoms with Crippen LogP contribution < -0.4 is 16.0 Å². The summed E-state index contributed by atoms with van der Waals surface area (Å²) in [6, 6.07) is -1.92. The van der Waals surface area contributed by atoms with Gasteiger partial charge in [-0.25, -0.2) is 14.4 Å². The quantitative estimate of drug-likeness (QED) is 0.268. The minimum atomic E-state index is -0.944. The normalized spacial score (nSPS) is 24.9. The van der Waals surface area contributed by atoms with E-state index in [1.807, 2.05) is 0 Å². The van der Waals surface area contributed by atoms with E-state index < -0.39 is 36.0 Å². The zero-order valence-electron chi connectivity index (χ0n) is 14.8. The summed E-state index contributed by atoms with van der Waals surface area (Å²) in [7, 11) is 0. The molecule has 3 fully saturated rings. The molecule has 0 spiro atoms. The van der Waals surface area contributed by atoms with Crippen LogP contribution in [0.3, 0.4) is 0 Å². The number of aliphatic carboxylic acids is 3. The van der Waals surface area contributed by atoms with Crippen LogP contribution in [-0.2, 0) is 61.5 Å². The van der Waals surface area contributed by atoms with Crippen molar-refractivity contribution in [3.05, 3.63) is 0 Å². The molecular weight excluding hydrogens is 455 g/mol. The predicted molar refractivity (Wildman–Crippen MR) is 86.4 cm³/mol. The SMILES string of the molecule is O=C1CCC(C(=O)O)N1.O=C1CCC(C(=O)O)N1.O=C1CCC(C(=O)O)N1.[Y]. The van der Waals surface area contributed by atoms with E-state index in [0.717, 1.165) is 0 Å². The van der Waals surface area contributed by atoms with Crippen molar-refractivity contribution >= 4 is 35.6 Å².